The number of pyridine rings is 1. The standard InChI is InChI=1S/C18H19N5O3S/c1-11-16(27-17(20-11)13-6-5-9-19-10-13)12(2)23-26-18-21-14(24-3)7-8-15(22-18)25-4/h5-7,9-10H,8H2,1-4H3. The zero-order chi connectivity index (χ0) is 19.2. The number of hydrogen-bond acceptors (Lipinski definition) is 9. The van der Waals surface area contributed by atoms with Gasteiger partial charge in [-0.3, -0.25) is 4.98 Å². The highest BCUT2D eigenvalue weighted by Crippen LogP contribution is 2.27. The van der Waals surface area contributed by atoms with Crippen LogP contribution in [0.4, 0.5) is 0 Å². The van der Waals surface area contributed by atoms with Gasteiger partial charge < -0.3 is 14.3 Å². The van der Waals surface area contributed by atoms with Gasteiger partial charge in [0, 0.05) is 24.4 Å². The molecule has 0 fully saturated rings. The van der Waals surface area contributed by atoms with Crippen molar-refractivity contribution in [3.05, 3.63) is 47.1 Å². The summed E-state index contributed by atoms with van der Waals surface area (Å²) in [5.41, 5.74) is 2.50. The van der Waals surface area contributed by atoms with Crippen LogP contribution in [0.2, 0.25) is 0 Å². The van der Waals surface area contributed by atoms with Gasteiger partial charge in [-0.15, -0.1) is 11.3 Å². The number of rotatable bonds is 4. The van der Waals surface area contributed by atoms with Gasteiger partial charge in [-0.2, -0.15) is 9.98 Å². The summed E-state index contributed by atoms with van der Waals surface area (Å²) in [6, 6.07) is 3.90. The van der Waals surface area contributed by atoms with Gasteiger partial charge in [-0.05, 0) is 32.1 Å². The van der Waals surface area contributed by atoms with E-state index < -0.39 is 0 Å². The number of oxime groups is 1. The molecule has 0 radical (unpaired) electrons. The van der Waals surface area contributed by atoms with Gasteiger partial charge in [0.15, 0.2) is 5.90 Å². The summed E-state index contributed by atoms with van der Waals surface area (Å²) in [5.74, 6) is 0.850. The first-order valence-corrected chi connectivity index (χ1v) is 8.96. The first-order valence-electron chi connectivity index (χ1n) is 8.15. The number of ether oxygens (including phenoxy) is 2. The molecule has 0 unspecified atom stereocenters. The van der Waals surface area contributed by atoms with Crippen LogP contribution in [0.5, 0.6) is 0 Å². The van der Waals surface area contributed by atoms with Crippen LogP contribution in [0, 0.1) is 6.92 Å². The van der Waals surface area contributed by atoms with Crippen molar-refractivity contribution >= 4 is 29.0 Å². The number of nitrogens with zero attached hydrogens (tertiary/aromatic N) is 5. The molecule has 0 spiro atoms. The lowest BCUT2D eigenvalue weighted by Gasteiger charge is -2.02. The normalized spacial score (nSPS) is 14.7. The predicted molar refractivity (Wildman–Crippen MR) is 105 cm³/mol. The van der Waals surface area contributed by atoms with Crippen molar-refractivity contribution in [2.24, 2.45) is 15.1 Å². The molecule has 27 heavy (non-hydrogen) atoms. The molecule has 2 aromatic heterocycles. The first kappa shape index (κ1) is 18.7. The Morgan fingerprint density at radius 2 is 2.07 bits per heavy atom. The Morgan fingerprint density at radius 1 is 1.22 bits per heavy atom. The molecule has 140 valence electrons. The van der Waals surface area contributed by atoms with E-state index in [-0.39, 0.29) is 6.02 Å². The molecule has 0 saturated carbocycles. The van der Waals surface area contributed by atoms with E-state index >= 15 is 0 Å². The largest absolute Gasteiger partial charge is 0.484 e. The number of thiazole rings is 1. The molecule has 3 heterocycles. The Labute approximate surface area is 161 Å². The van der Waals surface area contributed by atoms with Crippen LogP contribution in [-0.4, -0.2) is 41.8 Å². The van der Waals surface area contributed by atoms with E-state index in [4.69, 9.17) is 14.3 Å². The van der Waals surface area contributed by atoms with Crippen molar-refractivity contribution in [3.63, 3.8) is 0 Å². The van der Waals surface area contributed by atoms with E-state index in [9.17, 15) is 0 Å². The average Bonchev–Trinajstić information content (AvgIpc) is 2.97. The lowest BCUT2D eigenvalue weighted by molar-refractivity contribution is 0.277. The van der Waals surface area contributed by atoms with Crippen LogP contribution in [0.1, 0.15) is 23.9 Å². The Balaban J connectivity index is 1.82. The molecule has 9 heteroatoms. The Kier molecular flexibility index (Phi) is 5.92. The second-order valence-electron chi connectivity index (χ2n) is 5.50. The number of aryl methyl sites for hydroxylation is 1. The number of aliphatic imine (C=N–C) groups is 2. The van der Waals surface area contributed by atoms with Gasteiger partial charge in [0.05, 0.1) is 30.5 Å². The second-order valence-corrected chi connectivity index (χ2v) is 6.50. The van der Waals surface area contributed by atoms with Crippen LogP contribution in [0.15, 0.2) is 51.6 Å². The Morgan fingerprint density at radius 3 is 2.78 bits per heavy atom. The minimum Gasteiger partial charge on any atom is -0.484 e. The molecule has 0 amide bonds. The summed E-state index contributed by atoms with van der Waals surface area (Å²) in [6.45, 7) is 3.78. The molecule has 0 saturated heterocycles. The third-order valence-corrected chi connectivity index (χ3v) is 4.94. The lowest BCUT2D eigenvalue weighted by Crippen LogP contribution is -2.06. The zero-order valence-corrected chi connectivity index (χ0v) is 16.3. The molecule has 0 N–H and O–H groups in total. The van der Waals surface area contributed by atoms with Crippen LogP contribution in [-0.2, 0) is 14.3 Å². The predicted octanol–water partition coefficient (Wildman–Crippen LogP) is 3.55. The van der Waals surface area contributed by atoms with E-state index in [0.29, 0.717) is 23.9 Å². The van der Waals surface area contributed by atoms with Crippen LogP contribution in [0.3, 0.4) is 0 Å². The van der Waals surface area contributed by atoms with Crippen molar-refractivity contribution < 1.29 is 14.3 Å². The monoisotopic (exact) mass is 385 g/mol. The highest BCUT2D eigenvalue weighted by Gasteiger charge is 2.14. The third kappa shape index (κ3) is 4.56. The molecule has 0 atom stereocenters. The van der Waals surface area contributed by atoms with Gasteiger partial charge in [0.25, 0.3) is 0 Å². The number of aromatic nitrogens is 2. The lowest BCUT2D eigenvalue weighted by atomic mass is 10.3. The Hall–Kier alpha value is -3.07. The summed E-state index contributed by atoms with van der Waals surface area (Å²) >= 11 is 1.52. The fourth-order valence-electron chi connectivity index (χ4n) is 2.29. The van der Waals surface area contributed by atoms with E-state index in [2.05, 4.69) is 25.1 Å². The summed E-state index contributed by atoms with van der Waals surface area (Å²) in [5, 5.41) is 5.04. The minimum absolute atomic E-state index is 0.0476. The second kappa shape index (κ2) is 8.54. The molecular weight excluding hydrogens is 366 g/mol. The zero-order valence-electron chi connectivity index (χ0n) is 15.5. The summed E-state index contributed by atoms with van der Waals surface area (Å²) in [7, 11) is 3.07. The maximum Gasteiger partial charge on any atom is 0.351 e. The molecule has 3 rings (SSSR count). The van der Waals surface area contributed by atoms with Gasteiger partial charge in [0.2, 0.25) is 5.88 Å². The SMILES string of the molecule is COC1=CCC(OC)=NC(ON=C(C)c2sc(-c3cccnc3)nc2C)=N1. The molecule has 0 aliphatic carbocycles. The van der Waals surface area contributed by atoms with Crippen molar-refractivity contribution in [2.45, 2.75) is 20.3 Å². The summed E-state index contributed by atoms with van der Waals surface area (Å²) < 4.78 is 10.3. The molecule has 8 nitrogen and oxygen atoms in total. The maximum atomic E-state index is 5.43. The van der Waals surface area contributed by atoms with Gasteiger partial charge in [-0.1, -0.05) is 5.16 Å². The smallest absolute Gasteiger partial charge is 0.351 e. The van der Waals surface area contributed by atoms with Gasteiger partial charge >= 0.3 is 6.02 Å². The number of amidine groups is 1. The topological polar surface area (TPSA) is 90.5 Å². The highest BCUT2D eigenvalue weighted by molar-refractivity contribution is 7.17. The third-order valence-electron chi connectivity index (χ3n) is 3.62. The van der Waals surface area contributed by atoms with E-state index in [0.717, 1.165) is 21.1 Å². The molecule has 2 aromatic rings. The highest BCUT2D eigenvalue weighted by atomic mass is 32.1. The van der Waals surface area contributed by atoms with Crippen LogP contribution in [0.25, 0.3) is 10.6 Å². The molecule has 1 aliphatic heterocycles. The Bertz CT molecular complexity index is 932. The van der Waals surface area contributed by atoms with Gasteiger partial charge in [-0.25, -0.2) is 4.98 Å². The van der Waals surface area contributed by atoms with Crippen molar-refractivity contribution in [1.82, 2.24) is 9.97 Å². The van der Waals surface area contributed by atoms with Gasteiger partial charge in [0.1, 0.15) is 5.01 Å². The fraction of sp³-hybridized carbons (Fsp3) is 0.278. The van der Waals surface area contributed by atoms with Crippen molar-refractivity contribution in [3.8, 4) is 10.6 Å². The maximum absolute atomic E-state index is 5.43. The van der Waals surface area contributed by atoms with Crippen LogP contribution < -0.4 is 0 Å². The average molecular weight is 385 g/mol. The minimum atomic E-state index is 0.0476. The van der Waals surface area contributed by atoms with Crippen LogP contribution >= 0.6 is 11.3 Å². The van der Waals surface area contributed by atoms with E-state index in [1.807, 2.05) is 26.0 Å². The molecule has 0 bridgehead atoms. The van der Waals surface area contributed by atoms with E-state index in [1.54, 1.807) is 18.5 Å². The van der Waals surface area contributed by atoms with Crippen molar-refractivity contribution in [1.29, 1.82) is 0 Å². The molecule has 1 aliphatic rings. The number of methoxy groups -OCH3 is 2. The number of hydrogen-bond donors (Lipinski definition) is 0. The quantitative estimate of drug-likeness (QED) is 0.593. The molecular formula is C18H19N5O3S. The molecule has 0 aromatic carbocycles. The summed E-state index contributed by atoms with van der Waals surface area (Å²) in [6.07, 6.45) is 5.73. The first-order chi connectivity index (χ1) is 13.1. The van der Waals surface area contributed by atoms with Crippen molar-refractivity contribution in [2.75, 3.05) is 14.2 Å². The van der Waals surface area contributed by atoms with E-state index in [1.165, 1.54) is 25.6 Å². The fourth-order valence-corrected chi connectivity index (χ4v) is 3.28. The summed E-state index contributed by atoms with van der Waals surface area (Å²) in [4.78, 5) is 23.4.